The fourth-order valence-corrected chi connectivity index (χ4v) is 4.07. The van der Waals surface area contributed by atoms with E-state index in [1.807, 2.05) is 54.6 Å². The Morgan fingerprint density at radius 1 is 1.14 bits per heavy atom. The Labute approximate surface area is 217 Å². The number of hydrogen-bond acceptors (Lipinski definition) is 6. The quantitative estimate of drug-likeness (QED) is 0.495. The van der Waals surface area contributed by atoms with Crippen molar-refractivity contribution in [2.75, 3.05) is 24.5 Å². The van der Waals surface area contributed by atoms with E-state index in [-0.39, 0.29) is 13.2 Å². The van der Waals surface area contributed by atoms with Crippen LogP contribution in [0.4, 0.5) is 15.3 Å². The number of carbonyl (C=O) groups excluding carboxylic acids is 2. The van der Waals surface area contributed by atoms with Crippen LogP contribution in [0.15, 0.2) is 67.3 Å². The number of rotatable bonds is 8. The lowest BCUT2D eigenvalue weighted by Gasteiger charge is -2.41. The van der Waals surface area contributed by atoms with Gasteiger partial charge in [0.15, 0.2) is 0 Å². The number of nitrogens with zero attached hydrogens (tertiary/aromatic N) is 2. The highest BCUT2D eigenvalue weighted by Crippen LogP contribution is 2.27. The second-order valence-corrected chi connectivity index (χ2v) is 9.85. The fraction of sp³-hybridized carbons (Fsp3) is 0.393. The van der Waals surface area contributed by atoms with Crippen LogP contribution < -0.4 is 10.2 Å². The Morgan fingerprint density at radius 3 is 2.51 bits per heavy atom. The minimum absolute atomic E-state index is 0.00533. The first kappa shape index (κ1) is 27.6. The Hall–Kier alpha value is -4.01. The summed E-state index contributed by atoms with van der Waals surface area (Å²) in [5.41, 5.74) is 1.68. The molecule has 3 rings (SSSR count). The first-order chi connectivity index (χ1) is 17.6. The number of amides is 2. The summed E-state index contributed by atoms with van der Waals surface area (Å²) in [6, 6.07) is 15.4. The van der Waals surface area contributed by atoms with E-state index in [4.69, 9.17) is 9.47 Å². The monoisotopic (exact) mass is 509 g/mol. The summed E-state index contributed by atoms with van der Waals surface area (Å²) in [6.07, 6.45) is 1.07. The molecule has 2 N–H and O–H groups in total. The molecule has 1 aliphatic heterocycles. The van der Waals surface area contributed by atoms with Gasteiger partial charge in [0, 0.05) is 18.8 Å². The highest BCUT2D eigenvalue weighted by Gasteiger charge is 2.36. The lowest BCUT2D eigenvalue weighted by Crippen LogP contribution is -2.58. The number of alkyl carbamates (subject to hydrolysis) is 1. The predicted molar refractivity (Wildman–Crippen MR) is 140 cm³/mol. The van der Waals surface area contributed by atoms with Gasteiger partial charge in [0.25, 0.3) is 0 Å². The molecule has 1 fully saturated rings. The average Bonchev–Trinajstić information content (AvgIpc) is 2.86. The van der Waals surface area contributed by atoms with Gasteiger partial charge in [0.05, 0.1) is 12.6 Å². The largest absolute Gasteiger partial charge is 0.480 e. The standard InChI is InChI=1S/C28H35N3O6/c1-5-10-23(29-26(34)36-19-20-11-7-6-8-12-20)21-13-9-14-22(17-21)31-16-15-30(18-24(31)25(32)33)27(35)37-28(2,3)4/h5-9,11-14,17,23-24H,1,10,15-16,18-19H2,2-4H3,(H,29,34)(H,32,33)/t23-,24+/m0/s1. The molecule has 1 heterocycles. The summed E-state index contributed by atoms with van der Waals surface area (Å²) in [7, 11) is 0. The maximum atomic E-state index is 12.5. The number of aliphatic carboxylic acids is 1. The number of benzene rings is 2. The number of hydrogen-bond donors (Lipinski definition) is 2. The average molecular weight is 510 g/mol. The number of carboxylic acid groups (broad SMARTS) is 1. The van der Waals surface area contributed by atoms with Crippen LogP contribution in [0.3, 0.4) is 0 Å². The minimum Gasteiger partial charge on any atom is -0.480 e. The predicted octanol–water partition coefficient (Wildman–Crippen LogP) is 4.74. The Bertz CT molecular complexity index is 1100. The van der Waals surface area contributed by atoms with Crippen molar-refractivity contribution in [2.45, 2.75) is 51.5 Å². The highest BCUT2D eigenvalue weighted by atomic mass is 16.6. The van der Waals surface area contributed by atoms with Crippen molar-refractivity contribution in [3.05, 3.63) is 78.4 Å². The van der Waals surface area contributed by atoms with Crippen molar-refractivity contribution in [2.24, 2.45) is 0 Å². The first-order valence-electron chi connectivity index (χ1n) is 12.2. The maximum absolute atomic E-state index is 12.5. The number of ether oxygens (including phenoxy) is 2. The molecule has 1 aliphatic rings. The van der Waals surface area contributed by atoms with Crippen molar-refractivity contribution in [3.63, 3.8) is 0 Å². The molecular formula is C28H35N3O6. The summed E-state index contributed by atoms with van der Waals surface area (Å²) in [5.74, 6) is -1.04. The van der Waals surface area contributed by atoms with Gasteiger partial charge in [-0.3, -0.25) is 0 Å². The van der Waals surface area contributed by atoms with Gasteiger partial charge >= 0.3 is 18.2 Å². The van der Waals surface area contributed by atoms with E-state index in [0.717, 1.165) is 11.1 Å². The molecule has 9 heteroatoms. The first-order valence-corrected chi connectivity index (χ1v) is 12.2. The molecule has 0 bridgehead atoms. The molecule has 2 amide bonds. The van der Waals surface area contributed by atoms with Crippen molar-refractivity contribution < 1.29 is 29.0 Å². The molecule has 198 valence electrons. The molecule has 0 unspecified atom stereocenters. The number of anilines is 1. The summed E-state index contributed by atoms with van der Waals surface area (Å²) < 4.78 is 10.8. The van der Waals surface area contributed by atoms with Gasteiger partial charge in [0.2, 0.25) is 0 Å². The SMILES string of the molecule is C=CC[C@H](NC(=O)OCc1ccccc1)c1cccc(N2CCN(C(=O)OC(C)(C)C)C[C@@H]2C(=O)O)c1. The normalized spacial score (nSPS) is 16.5. The van der Waals surface area contributed by atoms with Gasteiger partial charge < -0.3 is 29.7 Å². The van der Waals surface area contributed by atoms with Crippen LogP contribution in [0.5, 0.6) is 0 Å². The molecule has 0 radical (unpaired) electrons. The van der Waals surface area contributed by atoms with E-state index in [2.05, 4.69) is 11.9 Å². The zero-order chi connectivity index (χ0) is 27.0. The number of nitrogens with one attached hydrogen (secondary N) is 1. The second-order valence-electron chi connectivity index (χ2n) is 9.85. The number of carbonyl (C=O) groups is 3. The third-order valence-electron chi connectivity index (χ3n) is 5.83. The van der Waals surface area contributed by atoms with Gasteiger partial charge in [-0.25, -0.2) is 14.4 Å². The van der Waals surface area contributed by atoms with Crippen LogP contribution in [0.2, 0.25) is 0 Å². The lowest BCUT2D eigenvalue weighted by molar-refractivity contribution is -0.139. The van der Waals surface area contributed by atoms with Crippen LogP contribution >= 0.6 is 0 Å². The molecule has 9 nitrogen and oxygen atoms in total. The summed E-state index contributed by atoms with van der Waals surface area (Å²) >= 11 is 0. The Morgan fingerprint density at radius 2 is 1.86 bits per heavy atom. The Balaban J connectivity index is 1.72. The lowest BCUT2D eigenvalue weighted by atomic mass is 10.0. The maximum Gasteiger partial charge on any atom is 0.410 e. The molecule has 1 saturated heterocycles. The molecular weight excluding hydrogens is 474 g/mol. The van der Waals surface area contributed by atoms with Crippen LogP contribution in [-0.4, -0.2) is 59.4 Å². The molecule has 37 heavy (non-hydrogen) atoms. The van der Waals surface area contributed by atoms with Gasteiger partial charge in [0.1, 0.15) is 18.2 Å². The van der Waals surface area contributed by atoms with Crippen molar-refractivity contribution in [1.82, 2.24) is 10.2 Å². The van der Waals surface area contributed by atoms with E-state index in [1.165, 1.54) is 4.90 Å². The molecule has 0 aromatic heterocycles. The number of piperazine rings is 1. The van der Waals surface area contributed by atoms with Crippen LogP contribution in [0, 0.1) is 0 Å². The zero-order valence-corrected chi connectivity index (χ0v) is 21.6. The third-order valence-corrected chi connectivity index (χ3v) is 5.83. The smallest absolute Gasteiger partial charge is 0.410 e. The third kappa shape index (κ3) is 7.99. The second kappa shape index (κ2) is 12.3. The minimum atomic E-state index is -1.04. The molecule has 0 saturated carbocycles. The fourth-order valence-electron chi connectivity index (χ4n) is 4.07. The molecule has 2 aromatic carbocycles. The van der Waals surface area contributed by atoms with Crippen LogP contribution in [-0.2, 0) is 20.9 Å². The highest BCUT2D eigenvalue weighted by molar-refractivity contribution is 5.80. The Kier molecular flexibility index (Phi) is 9.16. The van der Waals surface area contributed by atoms with Crippen LogP contribution in [0.1, 0.15) is 44.4 Å². The zero-order valence-electron chi connectivity index (χ0n) is 21.6. The van der Waals surface area contributed by atoms with E-state index >= 15 is 0 Å². The molecule has 0 aliphatic carbocycles. The van der Waals surface area contributed by atoms with Crippen molar-refractivity contribution in [3.8, 4) is 0 Å². The summed E-state index contributed by atoms with van der Waals surface area (Å²) in [5, 5.41) is 12.8. The van der Waals surface area contributed by atoms with Gasteiger partial charge in [-0.2, -0.15) is 0 Å². The van der Waals surface area contributed by atoms with Gasteiger partial charge in [-0.05, 0) is 50.5 Å². The van der Waals surface area contributed by atoms with E-state index in [9.17, 15) is 19.5 Å². The summed E-state index contributed by atoms with van der Waals surface area (Å²) in [6.45, 7) is 9.89. The van der Waals surface area contributed by atoms with E-state index in [0.29, 0.717) is 25.2 Å². The number of carboxylic acids is 1. The van der Waals surface area contributed by atoms with Crippen LogP contribution in [0.25, 0.3) is 0 Å². The van der Waals surface area contributed by atoms with Crippen molar-refractivity contribution in [1.29, 1.82) is 0 Å². The van der Waals surface area contributed by atoms with Gasteiger partial charge in [-0.1, -0.05) is 48.5 Å². The topological polar surface area (TPSA) is 108 Å². The molecule has 0 spiro atoms. The molecule has 2 aromatic rings. The van der Waals surface area contributed by atoms with Crippen molar-refractivity contribution >= 4 is 23.8 Å². The van der Waals surface area contributed by atoms with E-state index < -0.39 is 35.8 Å². The van der Waals surface area contributed by atoms with Gasteiger partial charge in [-0.15, -0.1) is 6.58 Å². The summed E-state index contributed by atoms with van der Waals surface area (Å²) in [4.78, 5) is 40.3. The van der Waals surface area contributed by atoms with E-state index in [1.54, 1.807) is 31.7 Å². The molecule has 2 atom stereocenters.